The maximum atomic E-state index is 12.0. The van der Waals surface area contributed by atoms with Crippen molar-refractivity contribution in [2.24, 2.45) is 0 Å². The molecule has 1 rings (SSSR count). The first-order chi connectivity index (χ1) is 9.99. The number of benzene rings is 1. The number of sulfone groups is 1. The molecule has 0 radical (unpaired) electrons. The standard InChI is InChI=1S/C14H19N3O3S/c1-2-7-17-14(18)11-16-8-9-21(19,20)13-5-3-12(10-15)4-6-13/h3-6,16H,2,7-9,11H2,1H3,(H,17,18). The van der Waals surface area contributed by atoms with Gasteiger partial charge in [-0.05, 0) is 30.7 Å². The van der Waals surface area contributed by atoms with Crippen molar-refractivity contribution in [3.8, 4) is 6.07 Å². The summed E-state index contributed by atoms with van der Waals surface area (Å²) in [7, 11) is -3.40. The van der Waals surface area contributed by atoms with Gasteiger partial charge in [-0.2, -0.15) is 5.26 Å². The summed E-state index contributed by atoms with van der Waals surface area (Å²) in [5.41, 5.74) is 0.416. The van der Waals surface area contributed by atoms with Crippen LogP contribution in [0.4, 0.5) is 0 Å². The molecule has 0 fully saturated rings. The second-order valence-electron chi connectivity index (χ2n) is 4.48. The SMILES string of the molecule is CCCNC(=O)CNCCS(=O)(=O)c1ccc(C#N)cc1. The largest absolute Gasteiger partial charge is 0.355 e. The van der Waals surface area contributed by atoms with Gasteiger partial charge in [0.05, 0.1) is 28.8 Å². The first-order valence-electron chi connectivity index (χ1n) is 6.70. The molecule has 6 nitrogen and oxygen atoms in total. The van der Waals surface area contributed by atoms with Crippen LogP contribution in [-0.2, 0) is 14.6 Å². The van der Waals surface area contributed by atoms with Gasteiger partial charge in [-0.1, -0.05) is 6.92 Å². The molecule has 0 saturated heterocycles. The van der Waals surface area contributed by atoms with Crippen molar-refractivity contribution >= 4 is 15.7 Å². The van der Waals surface area contributed by atoms with Gasteiger partial charge in [-0.3, -0.25) is 4.79 Å². The van der Waals surface area contributed by atoms with Gasteiger partial charge < -0.3 is 10.6 Å². The lowest BCUT2D eigenvalue weighted by molar-refractivity contribution is -0.120. The third-order valence-electron chi connectivity index (χ3n) is 2.75. The van der Waals surface area contributed by atoms with Gasteiger partial charge in [-0.25, -0.2) is 8.42 Å². The molecule has 1 aromatic carbocycles. The van der Waals surface area contributed by atoms with Crippen molar-refractivity contribution < 1.29 is 13.2 Å². The van der Waals surface area contributed by atoms with E-state index in [0.29, 0.717) is 12.1 Å². The van der Waals surface area contributed by atoms with Crippen LogP contribution in [0.25, 0.3) is 0 Å². The van der Waals surface area contributed by atoms with E-state index in [1.807, 2.05) is 13.0 Å². The number of carbonyl (C=O) groups is 1. The van der Waals surface area contributed by atoms with Gasteiger partial charge >= 0.3 is 0 Å². The predicted molar refractivity (Wildman–Crippen MR) is 79.4 cm³/mol. The predicted octanol–water partition coefficient (Wildman–Crippen LogP) is 0.448. The zero-order valence-corrected chi connectivity index (χ0v) is 12.7. The third kappa shape index (κ3) is 5.94. The van der Waals surface area contributed by atoms with E-state index < -0.39 is 9.84 Å². The summed E-state index contributed by atoms with van der Waals surface area (Å²) < 4.78 is 24.1. The number of carbonyl (C=O) groups excluding carboxylic acids is 1. The first-order valence-corrected chi connectivity index (χ1v) is 8.35. The molecule has 0 aliphatic rings. The van der Waals surface area contributed by atoms with Crippen molar-refractivity contribution in [1.29, 1.82) is 5.26 Å². The molecule has 0 aromatic heterocycles. The van der Waals surface area contributed by atoms with E-state index in [-0.39, 0.29) is 29.6 Å². The monoisotopic (exact) mass is 309 g/mol. The number of rotatable bonds is 8. The fourth-order valence-electron chi connectivity index (χ4n) is 1.59. The summed E-state index contributed by atoms with van der Waals surface area (Å²) in [5.74, 6) is -0.243. The van der Waals surface area contributed by atoms with Crippen LogP contribution in [0.5, 0.6) is 0 Å². The van der Waals surface area contributed by atoms with E-state index in [1.54, 1.807) is 0 Å². The number of hydrogen-bond donors (Lipinski definition) is 2. The van der Waals surface area contributed by atoms with E-state index in [9.17, 15) is 13.2 Å². The minimum atomic E-state index is -3.40. The highest BCUT2D eigenvalue weighted by molar-refractivity contribution is 7.91. The van der Waals surface area contributed by atoms with E-state index in [2.05, 4.69) is 10.6 Å². The van der Waals surface area contributed by atoms with Gasteiger partial charge in [0.15, 0.2) is 9.84 Å². The van der Waals surface area contributed by atoms with Crippen molar-refractivity contribution in [1.82, 2.24) is 10.6 Å². The Labute approximate surface area is 125 Å². The van der Waals surface area contributed by atoms with Crippen molar-refractivity contribution in [2.45, 2.75) is 18.2 Å². The minimum absolute atomic E-state index is 0.0973. The molecule has 0 aliphatic carbocycles. The number of hydrogen-bond acceptors (Lipinski definition) is 5. The number of nitrogens with zero attached hydrogens (tertiary/aromatic N) is 1. The average molecular weight is 309 g/mol. The topological polar surface area (TPSA) is 99.1 Å². The molecule has 1 aromatic rings. The third-order valence-corrected chi connectivity index (χ3v) is 4.48. The molecule has 0 spiro atoms. The van der Waals surface area contributed by atoms with Gasteiger partial charge in [0.1, 0.15) is 0 Å². The zero-order chi connectivity index (χ0) is 15.7. The van der Waals surface area contributed by atoms with Crippen molar-refractivity contribution in [2.75, 3.05) is 25.4 Å². The lowest BCUT2D eigenvalue weighted by atomic mass is 10.2. The Hall–Kier alpha value is -1.91. The fourth-order valence-corrected chi connectivity index (χ4v) is 2.79. The fraction of sp³-hybridized carbons (Fsp3) is 0.429. The average Bonchev–Trinajstić information content (AvgIpc) is 2.49. The Morgan fingerprint density at radius 2 is 1.90 bits per heavy atom. The van der Waals surface area contributed by atoms with Crippen LogP contribution < -0.4 is 10.6 Å². The minimum Gasteiger partial charge on any atom is -0.355 e. The Morgan fingerprint density at radius 3 is 2.48 bits per heavy atom. The summed E-state index contributed by atoms with van der Waals surface area (Å²) in [6.45, 7) is 2.87. The summed E-state index contributed by atoms with van der Waals surface area (Å²) in [6.07, 6.45) is 0.860. The number of nitrogens with one attached hydrogen (secondary N) is 2. The van der Waals surface area contributed by atoms with Crippen LogP contribution in [0.2, 0.25) is 0 Å². The summed E-state index contributed by atoms with van der Waals surface area (Å²) in [5, 5.41) is 14.2. The molecule has 0 aliphatic heterocycles. The molecule has 21 heavy (non-hydrogen) atoms. The first kappa shape index (κ1) is 17.1. The lowest BCUT2D eigenvalue weighted by Gasteiger charge is -2.07. The van der Waals surface area contributed by atoms with E-state index >= 15 is 0 Å². The van der Waals surface area contributed by atoms with Crippen molar-refractivity contribution in [3.05, 3.63) is 29.8 Å². The van der Waals surface area contributed by atoms with Gasteiger partial charge in [0, 0.05) is 13.1 Å². The highest BCUT2D eigenvalue weighted by Gasteiger charge is 2.13. The quantitative estimate of drug-likeness (QED) is 0.679. The highest BCUT2D eigenvalue weighted by Crippen LogP contribution is 2.11. The van der Waals surface area contributed by atoms with Crippen LogP contribution in [0.1, 0.15) is 18.9 Å². The molecular formula is C14H19N3O3S. The van der Waals surface area contributed by atoms with Gasteiger partial charge in [-0.15, -0.1) is 0 Å². The van der Waals surface area contributed by atoms with Crippen LogP contribution in [0.15, 0.2) is 29.2 Å². The molecule has 2 N–H and O–H groups in total. The Morgan fingerprint density at radius 1 is 1.24 bits per heavy atom. The molecule has 7 heteroatoms. The molecule has 0 bridgehead atoms. The van der Waals surface area contributed by atoms with Crippen LogP contribution in [0.3, 0.4) is 0 Å². The maximum Gasteiger partial charge on any atom is 0.233 e. The van der Waals surface area contributed by atoms with Gasteiger partial charge in [0.2, 0.25) is 5.91 Å². The molecule has 1 amide bonds. The summed E-state index contributed by atoms with van der Waals surface area (Å²) >= 11 is 0. The molecule has 114 valence electrons. The highest BCUT2D eigenvalue weighted by atomic mass is 32.2. The molecular weight excluding hydrogens is 290 g/mol. The molecule has 0 heterocycles. The van der Waals surface area contributed by atoms with Crippen LogP contribution in [-0.4, -0.2) is 39.7 Å². The molecule has 0 atom stereocenters. The van der Waals surface area contributed by atoms with E-state index in [4.69, 9.17) is 5.26 Å². The normalized spacial score (nSPS) is 10.9. The number of nitriles is 1. The maximum absolute atomic E-state index is 12.0. The zero-order valence-electron chi connectivity index (χ0n) is 11.9. The Balaban J connectivity index is 2.43. The van der Waals surface area contributed by atoms with Crippen molar-refractivity contribution in [3.63, 3.8) is 0 Å². The molecule has 0 unspecified atom stereocenters. The van der Waals surface area contributed by atoms with Crippen LogP contribution in [0, 0.1) is 11.3 Å². The van der Waals surface area contributed by atoms with E-state index in [1.165, 1.54) is 24.3 Å². The van der Waals surface area contributed by atoms with E-state index in [0.717, 1.165) is 6.42 Å². The second kappa shape index (κ2) is 8.39. The van der Waals surface area contributed by atoms with Crippen LogP contribution >= 0.6 is 0 Å². The lowest BCUT2D eigenvalue weighted by Crippen LogP contribution is -2.36. The molecule has 0 saturated carbocycles. The smallest absolute Gasteiger partial charge is 0.233 e. The van der Waals surface area contributed by atoms with Gasteiger partial charge in [0.25, 0.3) is 0 Å². The summed E-state index contributed by atoms with van der Waals surface area (Å²) in [4.78, 5) is 11.5. The summed E-state index contributed by atoms with van der Waals surface area (Å²) in [6, 6.07) is 7.71. The number of amides is 1. The Kier molecular flexibility index (Phi) is 6.85. The second-order valence-corrected chi connectivity index (χ2v) is 6.59. The Bertz CT molecular complexity index is 603.